The van der Waals surface area contributed by atoms with Gasteiger partial charge in [0.05, 0.1) is 0 Å². The van der Waals surface area contributed by atoms with Crippen LogP contribution in [0, 0.1) is 20.8 Å². The van der Waals surface area contributed by atoms with E-state index in [9.17, 15) is 0 Å². The summed E-state index contributed by atoms with van der Waals surface area (Å²) in [5.41, 5.74) is 5.47. The molecule has 0 aliphatic carbocycles. The van der Waals surface area contributed by atoms with Gasteiger partial charge >= 0.3 is 0 Å². The highest BCUT2D eigenvalue weighted by Gasteiger charge is 2.03. The molecule has 88 valence electrons. The van der Waals surface area contributed by atoms with Gasteiger partial charge in [-0.05, 0) is 31.9 Å². The predicted octanol–water partition coefficient (Wildman–Crippen LogP) is 3.14. The summed E-state index contributed by atoms with van der Waals surface area (Å²) in [6, 6.07) is 10.9. The number of aromatic nitrogens is 1. The molecule has 0 aliphatic heterocycles. The van der Waals surface area contributed by atoms with Gasteiger partial charge in [0.2, 0.25) is 0 Å². The maximum absolute atomic E-state index is 2.27. The van der Waals surface area contributed by atoms with Crippen molar-refractivity contribution in [3.8, 4) is 0 Å². The molecule has 0 spiro atoms. The third-order valence-corrected chi connectivity index (χ3v) is 3.24. The van der Waals surface area contributed by atoms with E-state index in [1.807, 2.05) is 0 Å². The molecular formula is C16H20N+. The van der Waals surface area contributed by atoms with Gasteiger partial charge in [-0.1, -0.05) is 29.8 Å². The van der Waals surface area contributed by atoms with Crippen molar-refractivity contribution in [2.45, 2.75) is 33.7 Å². The van der Waals surface area contributed by atoms with Crippen molar-refractivity contribution in [2.75, 3.05) is 0 Å². The fraction of sp³-hybridized carbons (Fsp3) is 0.312. The van der Waals surface area contributed by atoms with E-state index in [1.54, 1.807) is 0 Å². The van der Waals surface area contributed by atoms with Crippen LogP contribution in [0.5, 0.6) is 0 Å². The third kappa shape index (κ3) is 3.16. The maximum atomic E-state index is 2.27. The minimum atomic E-state index is 1.05. The van der Waals surface area contributed by atoms with Crippen molar-refractivity contribution in [2.24, 2.45) is 0 Å². The Kier molecular flexibility index (Phi) is 3.58. The fourth-order valence-corrected chi connectivity index (χ4v) is 2.00. The Morgan fingerprint density at radius 1 is 1.00 bits per heavy atom. The molecule has 0 radical (unpaired) electrons. The summed E-state index contributed by atoms with van der Waals surface area (Å²) in [4.78, 5) is 0. The molecule has 0 atom stereocenters. The molecule has 1 heterocycles. The zero-order valence-electron chi connectivity index (χ0n) is 10.9. The first-order valence-electron chi connectivity index (χ1n) is 6.17. The first kappa shape index (κ1) is 11.8. The van der Waals surface area contributed by atoms with Gasteiger partial charge in [0.1, 0.15) is 0 Å². The maximum Gasteiger partial charge on any atom is 0.171 e. The Balaban J connectivity index is 2.05. The summed E-state index contributed by atoms with van der Waals surface area (Å²) in [7, 11) is 0. The Bertz CT molecular complexity index is 515. The van der Waals surface area contributed by atoms with E-state index in [-0.39, 0.29) is 0 Å². The summed E-state index contributed by atoms with van der Waals surface area (Å²) in [5, 5.41) is 0. The van der Waals surface area contributed by atoms with Crippen molar-refractivity contribution < 1.29 is 4.57 Å². The van der Waals surface area contributed by atoms with Gasteiger partial charge in [-0.2, -0.15) is 0 Å². The highest BCUT2D eigenvalue weighted by molar-refractivity contribution is 5.22. The summed E-state index contributed by atoms with van der Waals surface area (Å²) in [5.74, 6) is 0. The first-order valence-corrected chi connectivity index (χ1v) is 6.17. The number of aryl methyl sites for hydroxylation is 5. The molecule has 0 unspecified atom stereocenters. The lowest BCUT2D eigenvalue weighted by Crippen LogP contribution is -2.34. The molecule has 0 aliphatic rings. The van der Waals surface area contributed by atoms with Gasteiger partial charge in [-0.3, -0.25) is 0 Å². The van der Waals surface area contributed by atoms with Crippen LogP contribution < -0.4 is 4.57 Å². The van der Waals surface area contributed by atoms with Crippen molar-refractivity contribution in [3.05, 3.63) is 65.0 Å². The number of hydrogen-bond donors (Lipinski definition) is 0. The number of pyridine rings is 1. The topological polar surface area (TPSA) is 3.88 Å². The molecule has 0 fully saturated rings. The van der Waals surface area contributed by atoms with E-state index in [0.717, 1.165) is 13.0 Å². The molecule has 1 heteroatoms. The molecule has 2 aromatic rings. The lowest BCUT2D eigenvalue weighted by atomic mass is 10.1. The molecule has 0 amide bonds. The molecule has 0 bridgehead atoms. The van der Waals surface area contributed by atoms with Crippen LogP contribution in [-0.2, 0) is 13.0 Å². The zero-order valence-corrected chi connectivity index (χ0v) is 10.9. The van der Waals surface area contributed by atoms with Crippen LogP contribution in [-0.4, -0.2) is 0 Å². The average Bonchev–Trinajstić information content (AvgIpc) is 2.31. The monoisotopic (exact) mass is 226 g/mol. The smallest absolute Gasteiger partial charge is 0.171 e. The van der Waals surface area contributed by atoms with Crippen molar-refractivity contribution >= 4 is 0 Å². The largest absolute Gasteiger partial charge is 0.204 e. The van der Waals surface area contributed by atoms with Gasteiger partial charge in [0.15, 0.2) is 18.9 Å². The van der Waals surface area contributed by atoms with E-state index < -0.39 is 0 Å². The molecular weight excluding hydrogens is 206 g/mol. The van der Waals surface area contributed by atoms with Gasteiger partial charge < -0.3 is 0 Å². The predicted molar refractivity (Wildman–Crippen MR) is 71.0 cm³/mol. The van der Waals surface area contributed by atoms with Gasteiger partial charge in [-0.15, -0.1) is 0 Å². The quantitative estimate of drug-likeness (QED) is 0.708. The minimum Gasteiger partial charge on any atom is -0.204 e. The van der Waals surface area contributed by atoms with Gasteiger partial charge in [-0.25, -0.2) is 4.57 Å². The highest BCUT2D eigenvalue weighted by atomic mass is 14.9. The van der Waals surface area contributed by atoms with Crippen LogP contribution in [0.4, 0.5) is 0 Å². The van der Waals surface area contributed by atoms with E-state index in [0.29, 0.717) is 0 Å². The lowest BCUT2D eigenvalue weighted by molar-refractivity contribution is -0.696. The van der Waals surface area contributed by atoms with Crippen molar-refractivity contribution in [1.82, 2.24) is 0 Å². The average molecular weight is 226 g/mol. The second-order valence-corrected chi connectivity index (χ2v) is 4.79. The second kappa shape index (κ2) is 5.13. The molecule has 1 aromatic heterocycles. The number of nitrogens with zero attached hydrogens (tertiary/aromatic N) is 1. The van der Waals surface area contributed by atoms with Crippen LogP contribution >= 0.6 is 0 Å². The summed E-state index contributed by atoms with van der Waals surface area (Å²) < 4.78 is 2.27. The molecule has 17 heavy (non-hydrogen) atoms. The molecule has 2 rings (SSSR count). The van der Waals surface area contributed by atoms with E-state index in [4.69, 9.17) is 0 Å². The van der Waals surface area contributed by atoms with E-state index in [1.165, 1.54) is 22.3 Å². The molecule has 0 saturated carbocycles. The Morgan fingerprint density at radius 3 is 2.53 bits per heavy atom. The van der Waals surface area contributed by atoms with Crippen molar-refractivity contribution in [3.63, 3.8) is 0 Å². The number of hydrogen-bond acceptors (Lipinski definition) is 0. The van der Waals surface area contributed by atoms with Crippen LogP contribution in [0.25, 0.3) is 0 Å². The lowest BCUT2D eigenvalue weighted by Gasteiger charge is -2.02. The Morgan fingerprint density at radius 2 is 1.82 bits per heavy atom. The molecule has 1 nitrogen and oxygen atoms in total. The molecule has 0 saturated heterocycles. The van der Waals surface area contributed by atoms with E-state index in [2.05, 4.69) is 68.1 Å². The van der Waals surface area contributed by atoms with Crippen LogP contribution in [0.2, 0.25) is 0 Å². The van der Waals surface area contributed by atoms with Crippen LogP contribution in [0.1, 0.15) is 22.3 Å². The minimum absolute atomic E-state index is 1.05. The van der Waals surface area contributed by atoms with Gasteiger partial charge in [0.25, 0.3) is 0 Å². The molecule has 0 N–H and O–H groups in total. The SMILES string of the molecule is Cc1cccc(CC[n+]2ccc(C)c(C)c2)c1. The summed E-state index contributed by atoms with van der Waals surface area (Å²) in [6.07, 6.45) is 5.48. The second-order valence-electron chi connectivity index (χ2n) is 4.79. The zero-order chi connectivity index (χ0) is 12.3. The first-order chi connectivity index (χ1) is 8.15. The fourth-order valence-electron chi connectivity index (χ4n) is 2.00. The Labute approximate surface area is 104 Å². The normalized spacial score (nSPS) is 10.5. The standard InChI is InChI=1S/C16H20N/c1-13-5-4-6-16(11-13)8-10-17-9-7-14(2)15(3)12-17/h4-7,9,11-12H,8,10H2,1-3H3/q+1. The van der Waals surface area contributed by atoms with Crippen LogP contribution in [0.3, 0.4) is 0 Å². The van der Waals surface area contributed by atoms with Crippen molar-refractivity contribution in [1.29, 1.82) is 0 Å². The third-order valence-electron chi connectivity index (χ3n) is 3.24. The number of rotatable bonds is 3. The number of benzene rings is 1. The summed E-state index contributed by atoms with van der Waals surface area (Å²) in [6.45, 7) is 7.51. The summed E-state index contributed by atoms with van der Waals surface area (Å²) >= 11 is 0. The van der Waals surface area contributed by atoms with Gasteiger partial charge in [0, 0.05) is 18.1 Å². The van der Waals surface area contributed by atoms with E-state index >= 15 is 0 Å². The molecule has 1 aromatic carbocycles. The Hall–Kier alpha value is -1.63. The van der Waals surface area contributed by atoms with Crippen LogP contribution in [0.15, 0.2) is 42.7 Å². The highest BCUT2D eigenvalue weighted by Crippen LogP contribution is 2.05.